The number of aliphatic carboxylic acids is 1. The van der Waals surface area contributed by atoms with E-state index in [4.69, 9.17) is 0 Å². The number of nitrogens with one attached hydrogen (secondary N) is 2. The highest BCUT2D eigenvalue weighted by Gasteiger charge is 2.70. The first-order valence-corrected chi connectivity index (χ1v) is 10.6. The molecular formula is C24H21N3O6. The molecule has 9 nitrogen and oxygen atoms in total. The van der Waals surface area contributed by atoms with Gasteiger partial charge in [-0.25, -0.2) is 4.90 Å². The summed E-state index contributed by atoms with van der Waals surface area (Å²) < 4.78 is 0. The van der Waals surface area contributed by atoms with Crippen LogP contribution in [0, 0.1) is 11.8 Å². The van der Waals surface area contributed by atoms with Crippen molar-refractivity contribution < 1.29 is 29.1 Å². The summed E-state index contributed by atoms with van der Waals surface area (Å²) in [5, 5.41) is 15.2. The van der Waals surface area contributed by atoms with E-state index >= 15 is 0 Å². The maximum Gasteiger partial charge on any atom is 0.303 e. The maximum atomic E-state index is 13.7. The van der Waals surface area contributed by atoms with Gasteiger partial charge in [-0.3, -0.25) is 29.3 Å². The number of carboxylic acids is 1. The maximum absolute atomic E-state index is 13.7. The molecule has 1 spiro atoms. The van der Waals surface area contributed by atoms with Gasteiger partial charge in [0.1, 0.15) is 5.54 Å². The number of imide groups is 1. The molecule has 3 aliphatic heterocycles. The molecule has 33 heavy (non-hydrogen) atoms. The third-order valence-corrected chi connectivity index (χ3v) is 6.82. The van der Waals surface area contributed by atoms with E-state index in [9.17, 15) is 29.1 Å². The molecule has 0 radical (unpaired) electrons. The number of rotatable bonds is 5. The van der Waals surface area contributed by atoms with Crippen molar-refractivity contribution in [2.45, 2.75) is 31.3 Å². The number of ketones is 1. The molecule has 0 saturated carbocycles. The smallest absolute Gasteiger partial charge is 0.303 e. The lowest BCUT2D eigenvalue weighted by Crippen LogP contribution is -2.53. The van der Waals surface area contributed by atoms with E-state index in [0.29, 0.717) is 22.5 Å². The van der Waals surface area contributed by atoms with Crippen molar-refractivity contribution in [2.24, 2.45) is 11.8 Å². The third-order valence-electron chi connectivity index (χ3n) is 6.82. The zero-order valence-electron chi connectivity index (χ0n) is 17.7. The van der Waals surface area contributed by atoms with Crippen LogP contribution in [-0.4, -0.2) is 40.6 Å². The summed E-state index contributed by atoms with van der Waals surface area (Å²) in [6.07, 6.45) is -0.126. The molecule has 5 rings (SSSR count). The number of anilines is 2. The zero-order valence-corrected chi connectivity index (χ0v) is 17.7. The minimum atomic E-state index is -1.47. The molecule has 2 fully saturated rings. The predicted molar refractivity (Wildman–Crippen MR) is 116 cm³/mol. The normalized spacial score (nSPS) is 27.6. The van der Waals surface area contributed by atoms with Gasteiger partial charge in [-0.2, -0.15) is 0 Å². The first-order valence-electron chi connectivity index (χ1n) is 10.6. The first-order chi connectivity index (χ1) is 15.8. The molecule has 4 atom stereocenters. The van der Waals surface area contributed by atoms with Gasteiger partial charge < -0.3 is 10.4 Å². The molecule has 3 amide bonds. The van der Waals surface area contributed by atoms with Crippen molar-refractivity contribution in [3.05, 3.63) is 59.7 Å². The van der Waals surface area contributed by atoms with Crippen LogP contribution in [0.2, 0.25) is 0 Å². The molecule has 2 saturated heterocycles. The number of hydrogen-bond acceptors (Lipinski definition) is 6. The van der Waals surface area contributed by atoms with Crippen LogP contribution in [0.15, 0.2) is 48.5 Å². The van der Waals surface area contributed by atoms with Gasteiger partial charge >= 0.3 is 5.97 Å². The first kappa shape index (κ1) is 21.0. The number of benzene rings is 2. The molecule has 0 aliphatic carbocycles. The van der Waals surface area contributed by atoms with E-state index in [-0.39, 0.29) is 18.6 Å². The number of nitrogens with zero attached hydrogens (tertiary/aromatic N) is 1. The van der Waals surface area contributed by atoms with Gasteiger partial charge in [-0.1, -0.05) is 18.2 Å². The van der Waals surface area contributed by atoms with Gasteiger partial charge in [0, 0.05) is 29.3 Å². The number of carbonyl (C=O) groups is 5. The van der Waals surface area contributed by atoms with Crippen molar-refractivity contribution in [2.75, 3.05) is 10.2 Å². The van der Waals surface area contributed by atoms with Gasteiger partial charge in [-0.15, -0.1) is 0 Å². The summed E-state index contributed by atoms with van der Waals surface area (Å²) >= 11 is 0. The van der Waals surface area contributed by atoms with E-state index in [1.165, 1.54) is 19.1 Å². The molecule has 3 heterocycles. The zero-order chi connectivity index (χ0) is 23.5. The molecule has 2 aromatic carbocycles. The molecule has 0 aromatic heterocycles. The Bertz CT molecular complexity index is 1220. The fourth-order valence-electron chi connectivity index (χ4n) is 5.39. The average molecular weight is 447 g/mol. The van der Waals surface area contributed by atoms with Crippen molar-refractivity contribution in [3.63, 3.8) is 0 Å². The summed E-state index contributed by atoms with van der Waals surface area (Å²) in [6.45, 7) is 1.42. The number of para-hydroxylation sites is 1. The molecule has 4 unspecified atom stereocenters. The largest absolute Gasteiger partial charge is 0.481 e. The number of carbonyl (C=O) groups excluding carboxylic acids is 4. The quantitative estimate of drug-likeness (QED) is 0.469. The van der Waals surface area contributed by atoms with Crippen molar-refractivity contribution in [1.82, 2.24) is 5.32 Å². The molecule has 0 bridgehead atoms. The average Bonchev–Trinajstić information content (AvgIpc) is 3.37. The van der Waals surface area contributed by atoms with E-state index < -0.39 is 47.1 Å². The Kier molecular flexibility index (Phi) is 4.68. The summed E-state index contributed by atoms with van der Waals surface area (Å²) in [6, 6.07) is 12.4. The highest BCUT2D eigenvalue weighted by Crippen LogP contribution is 2.54. The predicted octanol–water partition coefficient (Wildman–Crippen LogP) is 1.68. The highest BCUT2D eigenvalue weighted by atomic mass is 16.4. The van der Waals surface area contributed by atoms with Crippen LogP contribution in [0.4, 0.5) is 11.4 Å². The Labute approximate surface area is 188 Å². The Morgan fingerprint density at radius 3 is 2.39 bits per heavy atom. The number of Topliss-reactive ketones (excluding diaryl/α,β-unsaturated/α-hetero) is 1. The minimum Gasteiger partial charge on any atom is -0.481 e. The van der Waals surface area contributed by atoms with E-state index in [1.807, 2.05) is 0 Å². The Morgan fingerprint density at radius 1 is 1.03 bits per heavy atom. The molecule has 2 aromatic rings. The molecular weight excluding hydrogens is 426 g/mol. The minimum absolute atomic E-state index is 0.0871. The topological polar surface area (TPSA) is 133 Å². The monoisotopic (exact) mass is 447 g/mol. The Morgan fingerprint density at radius 2 is 1.73 bits per heavy atom. The van der Waals surface area contributed by atoms with Crippen molar-refractivity contribution in [1.29, 1.82) is 0 Å². The van der Waals surface area contributed by atoms with E-state index in [1.54, 1.807) is 36.4 Å². The standard InChI is InChI=1S/C24H21N3O6/c1-12(28)13-6-8-14(9-7-13)27-21(31)19-17(10-11-18(29)30)26-24(20(19)22(27)32)15-4-2-3-5-16(15)25-23(24)33/h2-9,17,19-20,26H,10-11H2,1H3,(H,25,33)(H,29,30). The van der Waals surface area contributed by atoms with Crippen molar-refractivity contribution in [3.8, 4) is 0 Å². The van der Waals surface area contributed by atoms with Gasteiger partial charge in [0.25, 0.3) is 0 Å². The number of amides is 3. The van der Waals surface area contributed by atoms with Crippen LogP contribution in [0.3, 0.4) is 0 Å². The van der Waals surface area contributed by atoms with Crippen LogP contribution in [0.5, 0.6) is 0 Å². The van der Waals surface area contributed by atoms with Crippen LogP contribution < -0.4 is 15.5 Å². The summed E-state index contributed by atoms with van der Waals surface area (Å²) in [7, 11) is 0. The summed E-state index contributed by atoms with van der Waals surface area (Å²) in [5.74, 6) is -4.56. The second kappa shape index (κ2) is 7.35. The Balaban J connectivity index is 1.61. The van der Waals surface area contributed by atoms with Gasteiger partial charge in [0.2, 0.25) is 17.7 Å². The summed E-state index contributed by atoms with van der Waals surface area (Å²) in [4.78, 5) is 64.5. The molecule has 3 N–H and O–H groups in total. The summed E-state index contributed by atoms with van der Waals surface area (Å²) in [5.41, 5.74) is 0.406. The second-order valence-corrected chi connectivity index (χ2v) is 8.61. The van der Waals surface area contributed by atoms with Crippen LogP contribution in [0.1, 0.15) is 35.7 Å². The highest BCUT2D eigenvalue weighted by molar-refractivity contribution is 6.25. The van der Waals surface area contributed by atoms with Crippen molar-refractivity contribution >= 4 is 40.8 Å². The fourth-order valence-corrected chi connectivity index (χ4v) is 5.39. The Hall–Kier alpha value is -3.85. The van der Waals surface area contributed by atoms with Gasteiger partial charge in [0.15, 0.2) is 5.78 Å². The lowest BCUT2D eigenvalue weighted by molar-refractivity contribution is -0.137. The third kappa shape index (κ3) is 2.92. The van der Waals surface area contributed by atoms with Crippen LogP contribution in [0.25, 0.3) is 0 Å². The lowest BCUT2D eigenvalue weighted by Gasteiger charge is -2.29. The number of fused-ring (bicyclic) bond motifs is 4. The van der Waals surface area contributed by atoms with Gasteiger partial charge in [-0.05, 0) is 43.7 Å². The van der Waals surface area contributed by atoms with E-state index in [2.05, 4.69) is 10.6 Å². The number of hydrogen-bond donors (Lipinski definition) is 3. The fraction of sp³-hybridized carbons (Fsp3) is 0.292. The lowest BCUT2D eigenvalue weighted by atomic mass is 9.76. The van der Waals surface area contributed by atoms with Crippen LogP contribution in [-0.2, 0) is 24.7 Å². The van der Waals surface area contributed by atoms with E-state index in [0.717, 1.165) is 4.90 Å². The SMILES string of the molecule is CC(=O)c1ccc(N2C(=O)C3C(CCC(=O)O)NC4(C(=O)Nc5ccccc54)C3C2=O)cc1. The second-order valence-electron chi connectivity index (χ2n) is 8.61. The van der Waals surface area contributed by atoms with Gasteiger partial charge in [0.05, 0.1) is 17.5 Å². The van der Waals surface area contributed by atoms with Crippen LogP contribution >= 0.6 is 0 Å². The molecule has 3 aliphatic rings. The number of carboxylic acid groups (broad SMARTS) is 1. The molecule has 168 valence electrons. The molecule has 9 heteroatoms.